The van der Waals surface area contributed by atoms with Crippen LogP contribution in [0.4, 0.5) is 0 Å². The van der Waals surface area contributed by atoms with E-state index in [1.165, 1.54) is 12.2 Å². The molecule has 0 aliphatic heterocycles. The molecule has 1 unspecified atom stereocenters. The second kappa shape index (κ2) is 6.94. The number of hydroxylamine groups is 2. The first kappa shape index (κ1) is 21.0. The number of Topliss-reactive ketones (excluding diaryl/α,β-unsaturated/α-hetero) is 1. The number of hydrogen-bond donors (Lipinski definition) is 2. The number of ketones is 1. The van der Waals surface area contributed by atoms with Crippen molar-refractivity contribution in [3.8, 4) is 0 Å². The number of aliphatic hydroxyl groups is 1. The number of allylic oxidation sites excluding steroid dienone is 2. The average Bonchev–Trinajstić information content (AvgIpc) is 3.37. The molecular formula is C22H32N2O4. The fourth-order valence-corrected chi connectivity index (χ4v) is 4.79. The second-order valence-electron chi connectivity index (χ2n) is 9.00. The van der Waals surface area contributed by atoms with Crippen molar-refractivity contribution in [3.05, 3.63) is 33.9 Å². The second-order valence-corrected chi connectivity index (χ2v) is 9.00. The molecule has 6 heteroatoms. The van der Waals surface area contributed by atoms with Crippen molar-refractivity contribution in [1.29, 1.82) is 0 Å². The molecule has 0 aromatic rings. The van der Waals surface area contributed by atoms with Crippen molar-refractivity contribution in [2.45, 2.75) is 65.5 Å². The molecule has 3 rings (SSSR count). The Morgan fingerprint density at radius 3 is 2.46 bits per heavy atom. The minimum absolute atomic E-state index is 0.227. The van der Waals surface area contributed by atoms with Crippen LogP contribution in [0, 0.1) is 11.3 Å². The Labute approximate surface area is 167 Å². The van der Waals surface area contributed by atoms with Gasteiger partial charge >= 0.3 is 0 Å². The van der Waals surface area contributed by atoms with Crippen molar-refractivity contribution in [2.24, 2.45) is 17.1 Å². The van der Waals surface area contributed by atoms with E-state index in [0.717, 1.165) is 35.1 Å². The zero-order valence-electron chi connectivity index (χ0n) is 17.8. The molecule has 3 aliphatic carbocycles. The molecule has 6 nitrogen and oxygen atoms in total. The van der Waals surface area contributed by atoms with Gasteiger partial charge in [-0.25, -0.2) is 5.06 Å². The summed E-state index contributed by atoms with van der Waals surface area (Å²) < 4.78 is 0. The molecule has 3 N–H and O–H groups in total. The number of carbonyl (C=O) groups excluding carboxylic acids is 2. The van der Waals surface area contributed by atoms with Crippen LogP contribution in [0.25, 0.3) is 0 Å². The van der Waals surface area contributed by atoms with Crippen LogP contribution in [0.15, 0.2) is 33.9 Å². The highest BCUT2D eigenvalue weighted by Crippen LogP contribution is 2.64. The number of hydrogen-bond acceptors (Lipinski definition) is 5. The first-order valence-corrected chi connectivity index (χ1v) is 9.99. The Kier molecular flexibility index (Phi) is 5.19. The first-order chi connectivity index (χ1) is 13.0. The normalized spacial score (nSPS) is 26.8. The van der Waals surface area contributed by atoms with Crippen LogP contribution >= 0.6 is 0 Å². The number of amides is 1. The highest BCUT2D eigenvalue weighted by atomic mass is 16.7. The molecule has 1 spiro atoms. The lowest BCUT2D eigenvalue weighted by atomic mass is 9.67. The summed E-state index contributed by atoms with van der Waals surface area (Å²) in [5.41, 5.74) is 8.48. The van der Waals surface area contributed by atoms with Gasteiger partial charge in [0.2, 0.25) is 0 Å². The Hall–Kier alpha value is -1.76. The van der Waals surface area contributed by atoms with E-state index in [4.69, 9.17) is 10.6 Å². The fourth-order valence-electron chi connectivity index (χ4n) is 4.79. The van der Waals surface area contributed by atoms with E-state index in [-0.39, 0.29) is 18.2 Å². The Morgan fingerprint density at radius 2 is 1.96 bits per heavy atom. The third-order valence-corrected chi connectivity index (χ3v) is 6.68. The molecule has 0 radical (unpaired) electrons. The number of nitrogens with zero attached hydrogens (tertiary/aromatic N) is 1. The van der Waals surface area contributed by atoms with Gasteiger partial charge in [-0.15, -0.1) is 0 Å². The Balaban J connectivity index is 1.93. The molecule has 1 saturated carbocycles. The maximum atomic E-state index is 13.0. The molecule has 0 aromatic heterocycles. The van der Waals surface area contributed by atoms with Gasteiger partial charge in [0.25, 0.3) is 5.91 Å². The van der Waals surface area contributed by atoms with Crippen LogP contribution in [0.2, 0.25) is 0 Å². The van der Waals surface area contributed by atoms with E-state index in [1.54, 1.807) is 6.92 Å². The van der Waals surface area contributed by atoms with Crippen molar-refractivity contribution < 1.29 is 19.5 Å². The zero-order chi connectivity index (χ0) is 21.0. The molecule has 0 heterocycles. The number of rotatable bonds is 6. The van der Waals surface area contributed by atoms with Crippen LogP contribution in [0.1, 0.15) is 53.9 Å². The van der Waals surface area contributed by atoms with Gasteiger partial charge in [-0.05, 0) is 68.7 Å². The molecular weight excluding hydrogens is 356 g/mol. The van der Waals surface area contributed by atoms with Gasteiger partial charge in [0.1, 0.15) is 5.60 Å². The first-order valence-electron chi connectivity index (χ1n) is 9.99. The van der Waals surface area contributed by atoms with E-state index >= 15 is 0 Å². The van der Waals surface area contributed by atoms with Crippen molar-refractivity contribution >= 4 is 11.7 Å². The van der Waals surface area contributed by atoms with Gasteiger partial charge in [0.15, 0.2) is 5.78 Å². The fraction of sp³-hybridized carbons (Fsp3) is 0.636. The van der Waals surface area contributed by atoms with Crippen molar-refractivity contribution in [3.63, 3.8) is 0 Å². The van der Waals surface area contributed by atoms with Crippen LogP contribution in [-0.2, 0) is 14.4 Å². The molecule has 0 bridgehead atoms. The van der Waals surface area contributed by atoms with Gasteiger partial charge < -0.3 is 10.8 Å². The molecule has 1 amide bonds. The van der Waals surface area contributed by atoms with E-state index < -0.39 is 17.1 Å². The number of fused-ring (bicyclic) bond motifs is 1. The Morgan fingerprint density at radius 1 is 1.36 bits per heavy atom. The summed E-state index contributed by atoms with van der Waals surface area (Å²) in [6.07, 6.45) is 4.00. The predicted molar refractivity (Wildman–Crippen MR) is 107 cm³/mol. The van der Waals surface area contributed by atoms with E-state index in [9.17, 15) is 14.7 Å². The summed E-state index contributed by atoms with van der Waals surface area (Å²) >= 11 is 0. The van der Waals surface area contributed by atoms with Crippen LogP contribution in [-0.4, -0.2) is 47.2 Å². The minimum Gasteiger partial charge on any atom is -0.381 e. The van der Waals surface area contributed by atoms with Crippen LogP contribution in [0.5, 0.6) is 0 Å². The maximum absolute atomic E-state index is 13.0. The van der Waals surface area contributed by atoms with Gasteiger partial charge in [-0.1, -0.05) is 19.4 Å². The van der Waals surface area contributed by atoms with E-state index in [1.807, 2.05) is 33.8 Å². The minimum atomic E-state index is -1.38. The average molecular weight is 389 g/mol. The molecule has 0 saturated heterocycles. The van der Waals surface area contributed by atoms with Crippen molar-refractivity contribution in [1.82, 2.24) is 5.06 Å². The summed E-state index contributed by atoms with van der Waals surface area (Å²) in [5, 5.41) is 12.2. The summed E-state index contributed by atoms with van der Waals surface area (Å²) in [6, 6.07) is -0.631. The number of carbonyl (C=O) groups is 2. The van der Waals surface area contributed by atoms with Gasteiger partial charge in [-0.3, -0.25) is 14.4 Å². The maximum Gasteiger partial charge on any atom is 0.263 e. The molecule has 28 heavy (non-hydrogen) atoms. The zero-order valence-corrected chi connectivity index (χ0v) is 17.8. The lowest BCUT2D eigenvalue weighted by Gasteiger charge is -2.39. The molecule has 3 aliphatic rings. The molecule has 2 atom stereocenters. The third kappa shape index (κ3) is 2.98. The van der Waals surface area contributed by atoms with Gasteiger partial charge in [0, 0.05) is 11.0 Å². The smallest absolute Gasteiger partial charge is 0.263 e. The quantitative estimate of drug-likeness (QED) is 0.682. The highest BCUT2D eigenvalue weighted by molar-refractivity contribution is 6.10. The van der Waals surface area contributed by atoms with Crippen LogP contribution in [0.3, 0.4) is 0 Å². The van der Waals surface area contributed by atoms with Crippen LogP contribution < -0.4 is 5.73 Å². The molecule has 154 valence electrons. The lowest BCUT2D eigenvalue weighted by molar-refractivity contribution is -0.175. The van der Waals surface area contributed by atoms with Gasteiger partial charge in [-0.2, -0.15) is 0 Å². The van der Waals surface area contributed by atoms with E-state index in [2.05, 4.69) is 0 Å². The van der Waals surface area contributed by atoms with Crippen molar-refractivity contribution in [2.75, 3.05) is 13.7 Å². The SMILES string of the molecule is CON(CC1=C(C)C=C2C(=O)[C@](C)(O)C3(CC3)C(C)=C21)C(=O)C(N)CC(C)C. The third-order valence-electron chi connectivity index (χ3n) is 6.68. The molecule has 0 aromatic carbocycles. The lowest BCUT2D eigenvalue weighted by Crippen LogP contribution is -2.49. The standard InChI is InChI=1S/C22H32N2O4/c1-12(2)9-17(23)20(26)24(28-6)11-16-13(3)10-15-18(16)14(4)22(7-8-22)21(5,27)19(15)25/h10,12,17,27H,7-9,11,23H2,1-6H3/t17?,21-/m0/s1. The summed E-state index contributed by atoms with van der Waals surface area (Å²) in [7, 11) is 1.46. The molecule has 1 fully saturated rings. The monoisotopic (exact) mass is 388 g/mol. The van der Waals surface area contributed by atoms with E-state index in [0.29, 0.717) is 17.9 Å². The summed E-state index contributed by atoms with van der Waals surface area (Å²) in [4.78, 5) is 31.2. The number of nitrogens with two attached hydrogens (primary N) is 1. The summed E-state index contributed by atoms with van der Waals surface area (Å²) in [6.45, 7) is 9.83. The predicted octanol–water partition coefficient (Wildman–Crippen LogP) is 2.44. The topological polar surface area (TPSA) is 92.9 Å². The van der Waals surface area contributed by atoms with Gasteiger partial charge in [0.05, 0.1) is 19.7 Å². The largest absolute Gasteiger partial charge is 0.381 e. The summed E-state index contributed by atoms with van der Waals surface area (Å²) in [5.74, 6) is -0.193. The Bertz CT molecular complexity index is 812. The highest BCUT2D eigenvalue weighted by Gasteiger charge is 2.65.